The Hall–Kier alpha value is -3.53. The second-order valence-electron chi connectivity index (χ2n) is 6.22. The normalized spacial score (nSPS) is 13.0. The number of aryl methyl sites for hydroxylation is 1. The van der Waals surface area contributed by atoms with Gasteiger partial charge in [-0.25, -0.2) is 0 Å². The molecule has 0 unspecified atom stereocenters. The Morgan fingerprint density at radius 3 is 2.31 bits per heavy atom. The largest absolute Gasteiger partial charge is 0.507 e. The molecule has 26 heavy (non-hydrogen) atoms. The van der Waals surface area contributed by atoms with E-state index in [4.69, 9.17) is 0 Å². The topological polar surface area (TPSA) is 66.7 Å². The van der Waals surface area contributed by atoms with E-state index >= 15 is 0 Å². The van der Waals surface area contributed by atoms with Gasteiger partial charge in [0.1, 0.15) is 5.75 Å². The van der Waals surface area contributed by atoms with Crippen molar-refractivity contribution in [2.45, 2.75) is 6.92 Å². The predicted octanol–water partition coefficient (Wildman–Crippen LogP) is 4.23. The van der Waals surface area contributed by atoms with Gasteiger partial charge in [0.15, 0.2) is 11.6 Å². The molecular weight excluding hydrogens is 326 g/mol. The molecule has 0 bridgehead atoms. The first-order chi connectivity index (χ1) is 12.6. The highest BCUT2D eigenvalue weighted by molar-refractivity contribution is 6.30. The van der Waals surface area contributed by atoms with Crippen LogP contribution < -0.4 is 0 Å². The minimum atomic E-state index is -0.212. The van der Waals surface area contributed by atoms with Crippen molar-refractivity contribution in [3.8, 4) is 5.75 Å². The zero-order valence-corrected chi connectivity index (χ0v) is 14.1. The maximum absolute atomic E-state index is 12.9. The van der Waals surface area contributed by atoms with Gasteiger partial charge in [0.25, 0.3) is 0 Å². The van der Waals surface area contributed by atoms with E-state index in [9.17, 15) is 14.7 Å². The highest BCUT2D eigenvalue weighted by Crippen LogP contribution is 2.33. The molecule has 4 rings (SSSR count). The number of ketones is 2. The Labute approximate surface area is 150 Å². The molecule has 3 aromatic rings. The summed E-state index contributed by atoms with van der Waals surface area (Å²) in [5.41, 5.74) is 3.43. The summed E-state index contributed by atoms with van der Waals surface area (Å²) in [4.78, 5) is 30.1. The molecule has 126 valence electrons. The molecule has 1 aliphatic rings. The van der Waals surface area contributed by atoms with E-state index in [1.165, 1.54) is 6.21 Å². The first-order valence-electron chi connectivity index (χ1n) is 8.21. The number of phenolic OH excluding ortho intramolecular Hbond substituents is 1. The second-order valence-corrected chi connectivity index (χ2v) is 6.22. The first-order valence-corrected chi connectivity index (χ1v) is 8.21. The van der Waals surface area contributed by atoms with Gasteiger partial charge >= 0.3 is 0 Å². The molecule has 1 aliphatic carbocycles. The Kier molecular flexibility index (Phi) is 3.73. The highest BCUT2D eigenvalue weighted by Gasteiger charge is 2.31. The summed E-state index contributed by atoms with van der Waals surface area (Å²) in [6, 6.07) is 17.1. The van der Waals surface area contributed by atoms with Crippen LogP contribution in [0.3, 0.4) is 0 Å². The first kappa shape index (κ1) is 16.0. The van der Waals surface area contributed by atoms with E-state index in [1.54, 1.807) is 60.7 Å². The van der Waals surface area contributed by atoms with Crippen LogP contribution in [0.1, 0.15) is 43.0 Å². The molecule has 0 saturated carbocycles. The van der Waals surface area contributed by atoms with Gasteiger partial charge < -0.3 is 5.11 Å². The number of rotatable bonds is 2. The van der Waals surface area contributed by atoms with Crippen LogP contribution in [0, 0.1) is 6.92 Å². The summed E-state index contributed by atoms with van der Waals surface area (Å²) in [6.45, 7) is 1.92. The summed E-state index contributed by atoms with van der Waals surface area (Å²) in [5.74, 6) is -0.279. The quantitative estimate of drug-likeness (QED) is 0.555. The Balaban J connectivity index is 1.83. The molecule has 0 spiro atoms. The third-order valence-electron chi connectivity index (χ3n) is 4.46. The molecule has 3 aromatic carbocycles. The lowest BCUT2D eigenvalue weighted by molar-refractivity contribution is 0.0979. The van der Waals surface area contributed by atoms with Gasteiger partial charge in [0.2, 0.25) is 0 Å². The monoisotopic (exact) mass is 341 g/mol. The van der Waals surface area contributed by atoms with Crippen LogP contribution in [-0.2, 0) is 0 Å². The standard InChI is InChI=1S/C22H15NO3/c1-13-9-10-19(24)14(11-13)12-23-18-8-4-7-17-20(18)22(26)16-6-3-2-5-15(16)21(17)25/h2-12,24H,1H3. The second kappa shape index (κ2) is 6.08. The summed E-state index contributed by atoms with van der Waals surface area (Å²) < 4.78 is 0. The summed E-state index contributed by atoms with van der Waals surface area (Å²) >= 11 is 0. The molecule has 0 atom stereocenters. The molecule has 0 aromatic heterocycles. The molecule has 0 saturated heterocycles. The van der Waals surface area contributed by atoms with E-state index in [0.717, 1.165) is 5.56 Å². The molecule has 0 radical (unpaired) electrons. The van der Waals surface area contributed by atoms with Gasteiger partial charge in [-0.1, -0.05) is 48.0 Å². The smallest absolute Gasteiger partial charge is 0.196 e. The molecule has 4 nitrogen and oxygen atoms in total. The minimum absolute atomic E-state index is 0.108. The van der Waals surface area contributed by atoms with Crippen molar-refractivity contribution in [2.24, 2.45) is 4.99 Å². The van der Waals surface area contributed by atoms with E-state index in [1.807, 2.05) is 6.92 Å². The third-order valence-corrected chi connectivity index (χ3v) is 4.46. The highest BCUT2D eigenvalue weighted by atomic mass is 16.3. The van der Waals surface area contributed by atoms with Crippen LogP contribution in [0.4, 0.5) is 5.69 Å². The lowest BCUT2D eigenvalue weighted by Crippen LogP contribution is -2.20. The predicted molar refractivity (Wildman–Crippen MR) is 99.8 cm³/mol. The number of carbonyl (C=O) groups is 2. The van der Waals surface area contributed by atoms with Crippen molar-refractivity contribution in [3.63, 3.8) is 0 Å². The van der Waals surface area contributed by atoms with Crippen LogP contribution in [-0.4, -0.2) is 22.9 Å². The zero-order valence-electron chi connectivity index (χ0n) is 14.1. The molecule has 4 heteroatoms. The average Bonchev–Trinajstić information content (AvgIpc) is 2.66. The van der Waals surface area contributed by atoms with Gasteiger partial charge in [-0.3, -0.25) is 14.6 Å². The number of phenols is 1. The van der Waals surface area contributed by atoms with E-state index in [2.05, 4.69) is 4.99 Å². The van der Waals surface area contributed by atoms with Crippen molar-refractivity contribution in [2.75, 3.05) is 0 Å². The molecule has 0 heterocycles. The van der Waals surface area contributed by atoms with Gasteiger partial charge in [0.05, 0.1) is 11.3 Å². The number of benzene rings is 3. The zero-order chi connectivity index (χ0) is 18.3. The van der Waals surface area contributed by atoms with Crippen molar-refractivity contribution < 1.29 is 14.7 Å². The maximum Gasteiger partial charge on any atom is 0.196 e. The summed E-state index contributed by atoms with van der Waals surface area (Å²) in [5, 5.41) is 9.96. The Morgan fingerprint density at radius 2 is 1.54 bits per heavy atom. The third kappa shape index (κ3) is 2.52. The molecule has 1 N–H and O–H groups in total. The number of hydrogen-bond acceptors (Lipinski definition) is 4. The van der Waals surface area contributed by atoms with Crippen LogP contribution in [0.15, 0.2) is 65.7 Å². The van der Waals surface area contributed by atoms with Crippen molar-refractivity contribution >= 4 is 23.5 Å². The van der Waals surface area contributed by atoms with Crippen molar-refractivity contribution in [3.05, 3.63) is 94.0 Å². The maximum atomic E-state index is 12.9. The molecule has 0 amide bonds. The fourth-order valence-electron chi connectivity index (χ4n) is 3.15. The number of fused-ring (bicyclic) bond motifs is 2. The van der Waals surface area contributed by atoms with Gasteiger partial charge in [-0.2, -0.15) is 0 Å². The summed E-state index contributed by atoms with van der Waals surface area (Å²) in [7, 11) is 0. The molecule has 0 aliphatic heterocycles. The van der Waals surface area contributed by atoms with E-state index < -0.39 is 0 Å². The Morgan fingerprint density at radius 1 is 0.846 bits per heavy atom. The van der Waals surface area contributed by atoms with Crippen LogP contribution in [0.25, 0.3) is 0 Å². The number of carbonyl (C=O) groups excluding carboxylic acids is 2. The van der Waals surface area contributed by atoms with Crippen molar-refractivity contribution in [1.29, 1.82) is 0 Å². The van der Waals surface area contributed by atoms with Crippen LogP contribution in [0.5, 0.6) is 5.75 Å². The van der Waals surface area contributed by atoms with E-state index in [-0.39, 0.29) is 17.3 Å². The fourth-order valence-corrected chi connectivity index (χ4v) is 3.15. The minimum Gasteiger partial charge on any atom is -0.507 e. The van der Waals surface area contributed by atoms with Crippen LogP contribution in [0.2, 0.25) is 0 Å². The number of aromatic hydroxyl groups is 1. The lowest BCUT2D eigenvalue weighted by Gasteiger charge is -2.18. The number of hydrogen-bond donors (Lipinski definition) is 1. The van der Waals surface area contributed by atoms with Crippen molar-refractivity contribution in [1.82, 2.24) is 0 Å². The molecule has 0 fully saturated rings. The Bertz CT molecular complexity index is 1100. The van der Waals surface area contributed by atoms with Crippen LogP contribution >= 0.6 is 0 Å². The van der Waals surface area contributed by atoms with Gasteiger partial charge in [-0.15, -0.1) is 0 Å². The fraction of sp³-hybridized carbons (Fsp3) is 0.0455. The SMILES string of the molecule is Cc1ccc(O)c(C=Nc2cccc3c2C(=O)c2ccccc2C3=O)c1. The van der Waals surface area contributed by atoms with Gasteiger partial charge in [0, 0.05) is 28.5 Å². The van der Waals surface area contributed by atoms with Gasteiger partial charge in [-0.05, 0) is 25.1 Å². The lowest BCUT2D eigenvalue weighted by atomic mass is 9.83. The average molecular weight is 341 g/mol. The number of aliphatic imine (C=N–C) groups is 1. The summed E-state index contributed by atoms with van der Waals surface area (Å²) in [6.07, 6.45) is 1.51. The molecular formula is C22H15NO3. The van der Waals surface area contributed by atoms with E-state index in [0.29, 0.717) is 33.5 Å². The number of nitrogens with zero attached hydrogens (tertiary/aromatic N) is 1.